The Hall–Kier alpha value is -2.02. The Balaban J connectivity index is 1.60. The number of hydrogen-bond donors (Lipinski definition) is 0. The first-order valence-corrected chi connectivity index (χ1v) is 13.7. The van der Waals surface area contributed by atoms with Crippen molar-refractivity contribution >= 4 is 17.7 Å². The van der Waals surface area contributed by atoms with Crippen molar-refractivity contribution in [3.8, 4) is 5.75 Å². The van der Waals surface area contributed by atoms with Gasteiger partial charge in [0.1, 0.15) is 18.5 Å². The van der Waals surface area contributed by atoms with Crippen molar-refractivity contribution in [1.82, 2.24) is 14.8 Å². The summed E-state index contributed by atoms with van der Waals surface area (Å²) in [6.07, 6.45) is 4.34. The van der Waals surface area contributed by atoms with E-state index in [0.717, 1.165) is 42.5 Å². The van der Waals surface area contributed by atoms with Gasteiger partial charge in [-0.2, -0.15) is 0 Å². The maximum absolute atomic E-state index is 12.7. The molecule has 1 saturated carbocycles. The first-order valence-electron chi connectivity index (χ1n) is 12.7. The summed E-state index contributed by atoms with van der Waals surface area (Å²) in [4.78, 5) is 12.7. The van der Waals surface area contributed by atoms with E-state index in [4.69, 9.17) is 9.47 Å². The molecule has 34 heavy (non-hydrogen) atoms. The van der Waals surface area contributed by atoms with Crippen LogP contribution >= 0.6 is 11.8 Å². The highest BCUT2D eigenvalue weighted by molar-refractivity contribution is 7.99. The second-order valence-electron chi connectivity index (χ2n) is 10.3. The summed E-state index contributed by atoms with van der Waals surface area (Å²) in [6.45, 7) is 14.3. The van der Waals surface area contributed by atoms with Gasteiger partial charge < -0.3 is 14.0 Å². The third-order valence-electron chi connectivity index (χ3n) is 6.60. The Labute approximate surface area is 209 Å². The molecular weight excluding hydrogens is 446 g/mol. The molecule has 0 aliphatic heterocycles. The zero-order valence-electron chi connectivity index (χ0n) is 21.6. The number of hydrogen-bond acceptors (Lipinski definition) is 6. The summed E-state index contributed by atoms with van der Waals surface area (Å²) in [7, 11) is 0. The number of nitrogens with zero attached hydrogens (tertiary/aromatic N) is 3. The van der Waals surface area contributed by atoms with Gasteiger partial charge in [-0.05, 0) is 60.6 Å². The second-order valence-corrected chi connectivity index (χ2v) is 11.3. The van der Waals surface area contributed by atoms with E-state index in [2.05, 4.69) is 68.4 Å². The van der Waals surface area contributed by atoms with Crippen LogP contribution in [0.4, 0.5) is 0 Å². The van der Waals surface area contributed by atoms with E-state index in [0.29, 0.717) is 30.3 Å². The highest BCUT2D eigenvalue weighted by Gasteiger charge is 2.33. The third kappa shape index (κ3) is 7.49. The van der Waals surface area contributed by atoms with Crippen molar-refractivity contribution in [1.29, 1.82) is 0 Å². The zero-order chi connectivity index (χ0) is 24.7. The lowest BCUT2D eigenvalue weighted by Gasteiger charge is -2.36. The molecule has 1 aromatic carbocycles. The molecule has 0 saturated heterocycles. The minimum absolute atomic E-state index is 0.0217. The van der Waals surface area contributed by atoms with Crippen molar-refractivity contribution in [2.75, 3.05) is 5.75 Å². The van der Waals surface area contributed by atoms with Gasteiger partial charge in [0.05, 0.1) is 5.75 Å². The highest BCUT2D eigenvalue weighted by Crippen LogP contribution is 2.35. The maximum atomic E-state index is 12.7. The molecule has 1 aliphatic rings. The van der Waals surface area contributed by atoms with Crippen molar-refractivity contribution in [3.05, 3.63) is 35.7 Å². The van der Waals surface area contributed by atoms with Gasteiger partial charge in [0.15, 0.2) is 11.0 Å². The number of aryl methyl sites for hydroxylation is 1. The van der Waals surface area contributed by atoms with Gasteiger partial charge in [-0.25, -0.2) is 0 Å². The van der Waals surface area contributed by atoms with Gasteiger partial charge in [-0.1, -0.05) is 71.9 Å². The molecule has 1 heterocycles. The Morgan fingerprint density at radius 3 is 2.53 bits per heavy atom. The van der Waals surface area contributed by atoms with E-state index >= 15 is 0 Å². The zero-order valence-corrected chi connectivity index (χ0v) is 22.4. The van der Waals surface area contributed by atoms with Crippen LogP contribution in [0.1, 0.15) is 72.2 Å². The fraction of sp³-hybridized carbons (Fsp3) is 0.667. The number of aromatic nitrogens is 3. The number of carbonyl (C=O) groups is 1. The highest BCUT2D eigenvalue weighted by atomic mass is 32.2. The van der Waals surface area contributed by atoms with E-state index in [1.807, 2.05) is 12.1 Å². The van der Waals surface area contributed by atoms with Gasteiger partial charge in [0.2, 0.25) is 0 Å². The fourth-order valence-electron chi connectivity index (χ4n) is 4.63. The van der Waals surface area contributed by atoms with Gasteiger partial charge in [0.25, 0.3) is 0 Å². The lowest BCUT2D eigenvalue weighted by atomic mass is 9.75. The normalized spacial score (nSPS) is 20.6. The van der Waals surface area contributed by atoms with Crippen molar-refractivity contribution in [2.45, 2.75) is 91.6 Å². The molecule has 3 rings (SSSR count). The number of ether oxygens (including phenoxy) is 2. The van der Waals surface area contributed by atoms with Crippen LogP contribution in [0.5, 0.6) is 5.75 Å². The third-order valence-corrected chi connectivity index (χ3v) is 7.54. The molecule has 0 bridgehead atoms. The molecule has 0 amide bonds. The Kier molecular flexibility index (Phi) is 9.86. The van der Waals surface area contributed by atoms with Crippen LogP contribution in [-0.2, 0) is 29.1 Å². The van der Waals surface area contributed by atoms with Gasteiger partial charge in [-0.3, -0.25) is 4.79 Å². The van der Waals surface area contributed by atoms with E-state index in [-0.39, 0.29) is 17.8 Å². The molecule has 7 heteroatoms. The molecule has 2 aromatic rings. The SMILES string of the molecule is CCc1ccc(OCc2nnc(SCC(=O)OC3CC(C)CCC3C(C)C)n2CC(C)C)cc1. The lowest BCUT2D eigenvalue weighted by molar-refractivity contribution is -0.152. The van der Waals surface area contributed by atoms with Crippen LogP contribution in [0, 0.1) is 23.7 Å². The molecule has 0 radical (unpaired) electrons. The minimum atomic E-state index is -0.164. The van der Waals surface area contributed by atoms with Crippen LogP contribution in [-0.4, -0.2) is 32.6 Å². The van der Waals surface area contributed by atoms with Gasteiger partial charge >= 0.3 is 5.97 Å². The molecule has 188 valence electrons. The number of benzene rings is 1. The molecule has 6 nitrogen and oxygen atoms in total. The fourth-order valence-corrected chi connectivity index (χ4v) is 5.38. The molecule has 1 aliphatic carbocycles. The molecule has 0 spiro atoms. The van der Waals surface area contributed by atoms with Crippen LogP contribution in [0.2, 0.25) is 0 Å². The van der Waals surface area contributed by atoms with E-state index in [1.165, 1.54) is 23.7 Å². The summed E-state index contributed by atoms with van der Waals surface area (Å²) in [5, 5.41) is 9.48. The van der Waals surface area contributed by atoms with E-state index in [1.54, 1.807) is 0 Å². The number of carbonyl (C=O) groups excluding carboxylic acids is 1. The first-order chi connectivity index (χ1) is 16.3. The van der Waals surface area contributed by atoms with Gasteiger partial charge in [0, 0.05) is 6.54 Å². The first kappa shape index (κ1) is 26.6. The smallest absolute Gasteiger partial charge is 0.316 e. The Bertz CT molecular complexity index is 910. The second kappa shape index (κ2) is 12.6. The predicted molar refractivity (Wildman–Crippen MR) is 137 cm³/mol. The van der Waals surface area contributed by atoms with Crippen LogP contribution in [0.15, 0.2) is 29.4 Å². The van der Waals surface area contributed by atoms with Gasteiger partial charge in [-0.15, -0.1) is 10.2 Å². The predicted octanol–water partition coefficient (Wildman–Crippen LogP) is 6.17. The van der Waals surface area contributed by atoms with Crippen molar-refractivity contribution < 1.29 is 14.3 Å². The minimum Gasteiger partial charge on any atom is -0.486 e. The molecular formula is C27H41N3O3S. The summed E-state index contributed by atoms with van der Waals surface area (Å²) < 4.78 is 14.0. The largest absolute Gasteiger partial charge is 0.486 e. The molecule has 0 N–H and O–H groups in total. The van der Waals surface area contributed by atoms with Crippen LogP contribution in [0.3, 0.4) is 0 Å². The lowest BCUT2D eigenvalue weighted by Crippen LogP contribution is -2.36. The summed E-state index contributed by atoms with van der Waals surface area (Å²) in [6, 6.07) is 8.14. The molecule has 3 atom stereocenters. The average molecular weight is 488 g/mol. The summed E-state index contributed by atoms with van der Waals surface area (Å²) >= 11 is 1.40. The standard InChI is InChI=1S/C27H41N3O3S/c1-7-21-9-11-22(12-10-21)32-16-25-28-29-27(30(25)15-18(2)3)34-17-26(31)33-24-14-20(6)8-13-23(24)19(4)5/h9-12,18-20,23-24H,7-8,13-17H2,1-6H3. The molecule has 3 unspecified atom stereocenters. The number of esters is 1. The molecule has 1 aromatic heterocycles. The van der Waals surface area contributed by atoms with Crippen molar-refractivity contribution in [2.24, 2.45) is 23.7 Å². The topological polar surface area (TPSA) is 66.2 Å². The molecule has 1 fully saturated rings. The average Bonchev–Trinajstić information content (AvgIpc) is 3.17. The van der Waals surface area contributed by atoms with E-state index < -0.39 is 0 Å². The Morgan fingerprint density at radius 2 is 1.88 bits per heavy atom. The quantitative estimate of drug-likeness (QED) is 0.279. The number of rotatable bonds is 11. The summed E-state index contributed by atoms with van der Waals surface area (Å²) in [5.74, 6) is 3.65. The van der Waals surface area contributed by atoms with Crippen LogP contribution < -0.4 is 4.74 Å². The van der Waals surface area contributed by atoms with Crippen LogP contribution in [0.25, 0.3) is 0 Å². The maximum Gasteiger partial charge on any atom is 0.316 e. The van der Waals surface area contributed by atoms with E-state index in [9.17, 15) is 4.79 Å². The monoisotopic (exact) mass is 487 g/mol. The Morgan fingerprint density at radius 1 is 1.15 bits per heavy atom. The van der Waals surface area contributed by atoms with Crippen molar-refractivity contribution in [3.63, 3.8) is 0 Å². The number of thioether (sulfide) groups is 1. The summed E-state index contributed by atoms with van der Waals surface area (Å²) in [5.41, 5.74) is 1.28.